The van der Waals surface area contributed by atoms with E-state index in [1.54, 1.807) is 23.1 Å². The van der Waals surface area contributed by atoms with Gasteiger partial charge in [-0.2, -0.15) is 0 Å². The lowest BCUT2D eigenvalue weighted by Gasteiger charge is -2.37. The van der Waals surface area contributed by atoms with Crippen LogP contribution in [0.1, 0.15) is 29.8 Å². The molecule has 7 heteroatoms. The Kier molecular flexibility index (Phi) is 4.72. The Morgan fingerprint density at radius 2 is 1.81 bits per heavy atom. The molecule has 1 fully saturated rings. The smallest absolute Gasteiger partial charge is 0.294 e. The number of nitrogens with zero attached hydrogens (tertiary/aromatic N) is 2. The number of carbonyl (C=O) groups is 2. The van der Waals surface area contributed by atoms with E-state index in [-0.39, 0.29) is 24.1 Å². The van der Waals surface area contributed by atoms with Crippen LogP contribution in [0.5, 0.6) is 5.75 Å². The first-order valence-electron chi connectivity index (χ1n) is 8.75. The highest BCUT2D eigenvalue weighted by atomic mass is 79.9. The van der Waals surface area contributed by atoms with Gasteiger partial charge in [-0.25, -0.2) is 0 Å². The van der Waals surface area contributed by atoms with E-state index in [0.29, 0.717) is 16.1 Å². The average molecular weight is 419 g/mol. The first-order valence-corrected chi connectivity index (χ1v) is 9.54. The summed E-state index contributed by atoms with van der Waals surface area (Å²) in [6.07, 6.45) is 2.47. The number of benzene rings is 1. The molecule has 2 aliphatic heterocycles. The van der Waals surface area contributed by atoms with Crippen molar-refractivity contribution in [2.75, 3.05) is 24.5 Å². The zero-order valence-corrected chi connectivity index (χ0v) is 15.8. The van der Waals surface area contributed by atoms with Crippen molar-refractivity contribution >= 4 is 33.4 Å². The highest BCUT2D eigenvalue weighted by Gasteiger charge is 2.37. The molecule has 6 nitrogen and oxygen atoms in total. The fourth-order valence-electron chi connectivity index (χ4n) is 3.44. The Balaban J connectivity index is 1.62. The topological polar surface area (TPSA) is 63.0 Å². The quantitative estimate of drug-likeness (QED) is 0.748. The molecule has 0 bridgehead atoms. The van der Waals surface area contributed by atoms with E-state index in [4.69, 9.17) is 9.15 Å². The van der Waals surface area contributed by atoms with Crippen LogP contribution in [-0.2, 0) is 4.79 Å². The summed E-state index contributed by atoms with van der Waals surface area (Å²) >= 11 is 3.22. The minimum Gasteiger partial charge on any atom is -0.476 e. The minimum absolute atomic E-state index is 0.0578. The molecule has 0 spiro atoms. The predicted octanol–water partition coefficient (Wildman–Crippen LogP) is 3.46. The molecule has 4 rings (SSSR count). The van der Waals surface area contributed by atoms with E-state index in [0.717, 1.165) is 32.4 Å². The second-order valence-electron chi connectivity index (χ2n) is 6.48. The summed E-state index contributed by atoms with van der Waals surface area (Å²) in [6, 6.07) is 10.6. The van der Waals surface area contributed by atoms with Crippen molar-refractivity contribution < 1.29 is 18.7 Å². The summed E-state index contributed by atoms with van der Waals surface area (Å²) in [5, 5.41) is 0. The van der Waals surface area contributed by atoms with E-state index >= 15 is 0 Å². The fourth-order valence-corrected chi connectivity index (χ4v) is 3.74. The molecule has 2 amide bonds. The van der Waals surface area contributed by atoms with E-state index in [1.165, 1.54) is 0 Å². The van der Waals surface area contributed by atoms with Crippen LogP contribution >= 0.6 is 15.9 Å². The summed E-state index contributed by atoms with van der Waals surface area (Å²) < 4.78 is 11.8. The fraction of sp³-hybridized carbons (Fsp3) is 0.368. The van der Waals surface area contributed by atoms with Gasteiger partial charge >= 0.3 is 0 Å². The van der Waals surface area contributed by atoms with Crippen molar-refractivity contribution in [1.82, 2.24) is 4.90 Å². The highest BCUT2D eigenvalue weighted by molar-refractivity contribution is 9.10. The average Bonchev–Trinajstić information content (AvgIpc) is 3.13. The number of ether oxygens (including phenoxy) is 1. The zero-order chi connectivity index (χ0) is 18.1. The van der Waals surface area contributed by atoms with Crippen LogP contribution in [0, 0.1) is 0 Å². The molecular weight excluding hydrogens is 400 g/mol. The molecule has 3 heterocycles. The second-order valence-corrected chi connectivity index (χ2v) is 7.26. The van der Waals surface area contributed by atoms with E-state index in [1.807, 2.05) is 23.1 Å². The molecule has 2 aliphatic rings. The third-order valence-corrected chi connectivity index (χ3v) is 5.17. The van der Waals surface area contributed by atoms with Crippen LogP contribution in [0.15, 0.2) is 45.5 Å². The standard InChI is InChI=1S/C19H19BrN2O4/c20-17-9-8-15(26-17)19(24)22-12-16(18(23)21-10-4-1-5-11-21)25-14-7-3-2-6-13(14)22/h2-3,6-9,16H,1,4-5,10-12H2/t16-/m0/s1. The van der Waals surface area contributed by atoms with Gasteiger partial charge in [0.15, 0.2) is 16.5 Å². The van der Waals surface area contributed by atoms with Crippen LogP contribution in [-0.4, -0.2) is 42.5 Å². The Morgan fingerprint density at radius 3 is 2.54 bits per heavy atom. The molecule has 1 saturated heterocycles. The molecule has 2 aromatic rings. The molecule has 1 atom stereocenters. The first kappa shape index (κ1) is 17.1. The summed E-state index contributed by atoms with van der Waals surface area (Å²) in [5.74, 6) is 0.409. The van der Waals surface area contributed by atoms with Crippen LogP contribution in [0.4, 0.5) is 5.69 Å². The number of halogens is 1. The van der Waals surface area contributed by atoms with Gasteiger partial charge in [0.1, 0.15) is 5.75 Å². The SMILES string of the molecule is O=C([C@@H]1CN(C(=O)c2ccc(Br)o2)c2ccccc2O1)N1CCCCC1. The maximum absolute atomic E-state index is 13.0. The lowest BCUT2D eigenvalue weighted by Crippen LogP contribution is -2.52. The van der Waals surface area contributed by atoms with Crippen LogP contribution in [0.2, 0.25) is 0 Å². The highest BCUT2D eigenvalue weighted by Crippen LogP contribution is 2.35. The number of fused-ring (bicyclic) bond motifs is 1. The molecule has 136 valence electrons. The predicted molar refractivity (Wildman–Crippen MR) is 99.4 cm³/mol. The van der Waals surface area contributed by atoms with Gasteiger partial charge in [0.2, 0.25) is 0 Å². The van der Waals surface area contributed by atoms with Crippen LogP contribution in [0.3, 0.4) is 0 Å². The number of piperidine rings is 1. The van der Waals surface area contributed by atoms with E-state index in [9.17, 15) is 9.59 Å². The molecule has 0 radical (unpaired) electrons. The molecule has 1 aromatic carbocycles. The Bertz CT molecular complexity index is 828. The van der Waals surface area contributed by atoms with Gasteiger partial charge < -0.3 is 14.1 Å². The van der Waals surface area contributed by atoms with Gasteiger partial charge in [-0.05, 0) is 59.5 Å². The molecule has 0 aliphatic carbocycles. The van der Waals surface area contributed by atoms with Gasteiger partial charge in [-0.1, -0.05) is 12.1 Å². The third kappa shape index (κ3) is 3.23. The molecule has 26 heavy (non-hydrogen) atoms. The Morgan fingerprint density at radius 1 is 1.04 bits per heavy atom. The van der Waals surface area contributed by atoms with Gasteiger partial charge in [-0.3, -0.25) is 14.5 Å². The molecule has 0 saturated carbocycles. The Labute approximate surface area is 159 Å². The summed E-state index contributed by atoms with van der Waals surface area (Å²) in [7, 11) is 0. The van der Waals surface area contributed by atoms with Gasteiger partial charge in [0.05, 0.1) is 12.2 Å². The monoisotopic (exact) mass is 418 g/mol. The number of hydrogen-bond donors (Lipinski definition) is 0. The van der Waals surface area contributed by atoms with Crippen LogP contribution in [0.25, 0.3) is 0 Å². The molecule has 0 N–H and O–H groups in total. The first-order chi connectivity index (χ1) is 12.6. The lowest BCUT2D eigenvalue weighted by molar-refractivity contribution is -0.139. The van der Waals surface area contributed by atoms with Crippen molar-refractivity contribution in [2.45, 2.75) is 25.4 Å². The van der Waals surface area contributed by atoms with Crippen LogP contribution < -0.4 is 9.64 Å². The van der Waals surface area contributed by atoms with E-state index in [2.05, 4.69) is 15.9 Å². The lowest BCUT2D eigenvalue weighted by atomic mass is 10.1. The van der Waals surface area contributed by atoms with Crippen molar-refractivity contribution in [1.29, 1.82) is 0 Å². The van der Waals surface area contributed by atoms with Crippen molar-refractivity contribution in [3.63, 3.8) is 0 Å². The molecule has 0 unspecified atom stereocenters. The number of para-hydroxylation sites is 2. The van der Waals surface area contributed by atoms with E-state index < -0.39 is 6.10 Å². The minimum atomic E-state index is -0.703. The zero-order valence-electron chi connectivity index (χ0n) is 14.2. The van der Waals surface area contributed by atoms with Crippen molar-refractivity contribution in [3.8, 4) is 5.75 Å². The summed E-state index contributed by atoms with van der Waals surface area (Å²) in [4.78, 5) is 29.3. The largest absolute Gasteiger partial charge is 0.476 e. The van der Waals surface area contributed by atoms with Gasteiger partial charge in [0, 0.05) is 13.1 Å². The molecule has 1 aromatic heterocycles. The van der Waals surface area contributed by atoms with Crippen molar-refractivity contribution in [2.24, 2.45) is 0 Å². The van der Waals surface area contributed by atoms with Crippen molar-refractivity contribution in [3.05, 3.63) is 46.8 Å². The normalized spacial score (nSPS) is 19.7. The second kappa shape index (κ2) is 7.15. The maximum Gasteiger partial charge on any atom is 0.294 e. The number of hydrogen-bond acceptors (Lipinski definition) is 4. The summed E-state index contributed by atoms with van der Waals surface area (Å²) in [5.41, 5.74) is 0.646. The molecular formula is C19H19BrN2O4. The summed E-state index contributed by atoms with van der Waals surface area (Å²) in [6.45, 7) is 1.67. The third-order valence-electron chi connectivity index (χ3n) is 4.75. The number of amides is 2. The number of carbonyl (C=O) groups excluding carboxylic acids is 2. The number of furan rings is 1. The Hall–Kier alpha value is -2.28. The van der Waals surface area contributed by atoms with Gasteiger partial charge in [0.25, 0.3) is 11.8 Å². The number of likely N-dealkylation sites (tertiary alicyclic amines) is 1. The number of rotatable bonds is 2. The van der Waals surface area contributed by atoms with Gasteiger partial charge in [-0.15, -0.1) is 0 Å². The maximum atomic E-state index is 13.0. The number of anilines is 1.